The van der Waals surface area contributed by atoms with Crippen LogP contribution in [0.3, 0.4) is 0 Å². The van der Waals surface area contributed by atoms with Crippen LogP contribution in [0.2, 0.25) is 0 Å². The van der Waals surface area contributed by atoms with Crippen molar-refractivity contribution in [2.75, 3.05) is 19.8 Å². The average molecular weight is 267 g/mol. The summed E-state index contributed by atoms with van der Waals surface area (Å²) in [6.45, 7) is 4.37. The zero-order chi connectivity index (χ0) is 12.8. The van der Waals surface area contributed by atoms with Crippen molar-refractivity contribution in [3.63, 3.8) is 0 Å². The largest absolute Gasteiger partial charge is 0.381 e. The quantitative estimate of drug-likeness (QED) is 0.821. The fourth-order valence-electron chi connectivity index (χ4n) is 2.40. The van der Waals surface area contributed by atoms with Crippen LogP contribution in [-0.2, 0) is 16.0 Å². The van der Waals surface area contributed by atoms with Gasteiger partial charge in [0, 0.05) is 37.1 Å². The summed E-state index contributed by atoms with van der Waals surface area (Å²) in [5.41, 5.74) is 0. The number of hydrogen-bond acceptors (Lipinski definition) is 3. The summed E-state index contributed by atoms with van der Waals surface area (Å²) in [7, 11) is 0. The maximum absolute atomic E-state index is 12.1. The van der Waals surface area contributed by atoms with E-state index in [0.717, 1.165) is 39.0 Å². The predicted molar refractivity (Wildman–Crippen MR) is 73.9 cm³/mol. The maximum atomic E-state index is 12.1. The third kappa shape index (κ3) is 3.56. The molecule has 0 N–H and O–H groups in total. The van der Waals surface area contributed by atoms with Crippen LogP contribution in [0, 0.1) is 0 Å². The standard InChI is InChI=1S/C14H21NO2S/c1-2-14(16)15(12-6-9-17-10-7-12)8-5-13-4-3-11-18-13/h3-4,11-12H,2,5-10H2,1H3. The van der Waals surface area contributed by atoms with E-state index in [1.807, 2.05) is 6.92 Å². The summed E-state index contributed by atoms with van der Waals surface area (Å²) >= 11 is 1.77. The Morgan fingerprint density at radius 3 is 2.89 bits per heavy atom. The van der Waals surface area contributed by atoms with Crippen LogP contribution in [0.5, 0.6) is 0 Å². The van der Waals surface area contributed by atoms with Crippen LogP contribution >= 0.6 is 11.3 Å². The molecule has 1 aliphatic heterocycles. The molecule has 4 heteroatoms. The van der Waals surface area contributed by atoms with Crippen LogP contribution < -0.4 is 0 Å². The molecule has 0 spiro atoms. The minimum Gasteiger partial charge on any atom is -0.381 e. The molecule has 0 unspecified atom stereocenters. The van der Waals surface area contributed by atoms with Gasteiger partial charge in [0.05, 0.1) is 0 Å². The molecule has 3 nitrogen and oxygen atoms in total. The molecule has 2 rings (SSSR count). The summed E-state index contributed by atoms with van der Waals surface area (Å²) in [5, 5.41) is 2.09. The minimum absolute atomic E-state index is 0.276. The van der Waals surface area contributed by atoms with Gasteiger partial charge in [-0.25, -0.2) is 0 Å². The summed E-state index contributed by atoms with van der Waals surface area (Å²) in [6, 6.07) is 4.59. The molecule has 18 heavy (non-hydrogen) atoms. The Hall–Kier alpha value is -0.870. The highest BCUT2D eigenvalue weighted by Crippen LogP contribution is 2.17. The Bertz CT molecular complexity index is 358. The fraction of sp³-hybridized carbons (Fsp3) is 0.643. The molecule has 1 fully saturated rings. The van der Waals surface area contributed by atoms with Gasteiger partial charge in [-0.05, 0) is 30.7 Å². The lowest BCUT2D eigenvalue weighted by molar-refractivity contribution is -0.135. The molecular weight excluding hydrogens is 246 g/mol. The summed E-state index contributed by atoms with van der Waals surface area (Å²) in [4.78, 5) is 15.5. The van der Waals surface area contributed by atoms with Gasteiger partial charge in [0.2, 0.25) is 5.91 Å². The third-order valence-corrected chi connectivity index (χ3v) is 4.37. The molecule has 0 radical (unpaired) electrons. The Balaban J connectivity index is 1.93. The predicted octanol–water partition coefficient (Wildman–Crippen LogP) is 2.71. The van der Waals surface area contributed by atoms with E-state index in [1.54, 1.807) is 11.3 Å². The topological polar surface area (TPSA) is 29.5 Å². The van der Waals surface area contributed by atoms with E-state index in [9.17, 15) is 4.79 Å². The van der Waals surface area contributed by atoms with E-state index in [-0.39, 0.29) is 5.91 Å². The van der Waals surface area contributed by atoms with Crippen LogP contribution in [0.4, 0.5) is 0 Å². The fourth-order valence-corrected chi connectivity index (χ4v) is 3.09. The van der Waals surface area contributed by atoms with Crippen molar-refractivity contribution in [3.8, 4) is 0 Å². The molecule has 0 bridgehead atoms. The van der Waals surface area contributed by atoms with Gasteiger partial charge in [-0.15, -0.1) is 11.3 Å². The lowest BCUT2D eigenvalue weighted by atomic mass is 10.1. The van der Waals surface area contributed by atoms with Gasteiger partial charge in [0.15, 0.2) is 0 Å². The van der Waals surface area contributed by atoms with Gasteiger partial charge >= 0.3 is 0 Å². The number of carbonyl (C=O) groups is 1. The average Bonchev–Trinajstić information content (AvgIpc) is 2.93. The second kappa shape index (κ2) is 6.90. The Morgan fingerprint density at radius 1 is 1.50 bits per heavy atom. The van der Waals surface area contributed by atoms with Crippen molar-refractivity contribution in [2.45, 2.75) is 38.6 Å². The first kappa shape index (κ1) is 13.6. The van der Waals surface area contributed by atoms with E-state index in [4.69, 9.17) is 4.74 Å². The molecule has 1 amide bonds. The second-order valence-electron chi connectivity index (χ2n) is 4.61. The first-order valence-electron chi connectivity index (χ1n) is 6.71. The van der Waals surface area contributed by atoms with Gasteiger partial charge in [-0.3, -0.25) is 4.79 Å². The van der Waals surface area contributed by atoms with E-state index >= 15 is 0 Å². The van der Waals surface area contributed by atoms with Crippen LogP contribution in [0.25, 0.3) is 0 Å². The van der Waals surface area contributed by atoms with Crippen molar-refractivity contribution in [3.05, 3.63) is 22.4 Å². The zero-order valence-electron chi connectivity index (χ0n) is 10.9. The Labute approximate surface area is 113 Å². The number of nitrogens with zero attached hydrogens (tertiary/aromatic N) is 1. The van der Waals surface area contributed by atoms with Gasteiger partial charge in [0.1, 0.15) is 0 Å². The number of carbonyl (C=O) groups excluding carboxylic acids is 1. The summed E-state index contributed by atoms with van der Waals surface area (Å²) in [6.07, 6.45) is 3.54. The number of rotatable bonds is 5. The van der Waals surface area contributed by atoms with E-state index in [1.165, 1.54) is 4.88 Å². The summed E-state index contributed by atoms with van der Waals surface area (Å²) < 4.78 is 5.38. The SMILES string of the molecule is CCC(=O)N(CCc1cccs1)C1CCOCC1. The van der Waals surface area contributed by atoms with E-state index in [0.29, 0.717) is 12.5 Å². The summed E-state index contributed by atoms with van der Waals surface area (Å²) in [5.74, 6) is 0.276. The van der Waals surface area contributed by atoms with Crippen molar-refractivity contribution in [2.24, 2.45) is 0 Å². The number of amides is 1. The van der Waals surface area contributed by atoms with Gasteiger partial charge in [0.25, 0.3) is 0 Å². The molecule has 0 aliphatic carbocycles. The molecule has 0 atom stereocenters. The van der Waals surface area contributed by atoms with Crippen molar-refractivity contribution < 1.29 is 9.53 Å². The molecule has 0 aromatic carbocycles. The lowest BCUT2D eigenvalue weighted by Gasteiger charge is -2.34. The number of thiophene rings is 1. The number of ether oxygens (including phenoxy) is 1. The second-order valence-corrected chi connectivity index (χ2v) is 5.65. The van der Waals surface area contributed by atoms with Gasteiger partial charge < -0.3 is 9.64 Å². The van der Waals surface area contributed by atoms with E-state index in [2.05, 4.69) is 22.4 Å². The maximum Gasteiger partial charge on any atom is 0.222 e. The monoisotopic (exact) mass is 267 g/mol. The van der Waals surface area contributed by atoms with Crippen molar-refractivity contribution >= 4 is 17.2 Å². The number of hydrogen-bond donors (Lipinski definition) is 0. The van der Waals surface area contributed by atoms with E-state index < -0.39 is 0 Å². The zero-order valence-corrected chi connectivity index (χ0v) is 11.7. The van der Waals surface area contributed by atoms with Crippen molar-refractivity contribution in [1.82, 2.24) is 4.90 Å². The van der Waals surface area contributed by atoms with Crippen LogP contribution in [0.15, 0.2) is 17.5 Å². The molecule has 1 aromatic heterocycles. The highest BCUT2D eigenvalue weighted by molar-refractivity contribution is 7.09. The highest BCUT2D eigenvalue weighted by Gasteiger charge is 2.24. The molecule has 0 saturated carbocycles. The van der Waals surface area contributed by atoms with Crippen LogP contribution in [-0.4, -0.2) is 36.6 Å². The molecule has 100 valence electrons. The highest BCUT2D eigenvalue weighted by atomic mass is 32.1. The molecule has 1 aliphatic rings. The minimum atomic E-state index is 0.276. The lowest BCUT2D eigenvalue weighted by Crippen LogP contribution is -2.44. The Kier molecular flexibility index (Phi) is 5.20. The first-order chi connectivity index (χ1) is 8.81. The molecule has 1 saturated heterocycles. The molecular formula is C14H21NO2S. The van der Waals surface area contributed by atoms with Gasteiger partial charge in [-0.1, -0.05) is 13.0 Å². The normalized spacial score (nSPS) is 16.7. The molecule has 2 heterocycles. The third-order valence-electron chi connectivity index (χ3n) is 3.43. The van der Waals surface area contributed by atoms with Gasteiger partial charge in [-0.2, -0.15) is 0 Å². The van der Waals surface area contributed by atoms with Crippen LogP contribution in [0.1, 0.15) is 31.1 Å². The first-order valence-corrected chi connectivity index (χ1v) is 7.59. The Morgan fingerprint density at radius 2 is 2.28 bits per heavy atom. The van der Waals surface area contributed by atoms with Crippen molar-refractivity contribution in [1.29, 1.82) is 0 Å². The molecule has 1 aromatic rings. The smallest absolute Gasteiger partial charge is 0.222 e.